The molecule has 18 heavy (non-hydrogen) atoms. The van der Waals surface area contributed by atoms with Crippen molar-refractivity contribution in [2.75, 3.05) is 13.4 Å². The van der Waals surface area contributed by atoms with E-state index in [-0.39, 0.29) is 11.6 Å². The third-order valence-electron chi connectivity index (χ3n) is 2.15. The number of hydrogen-bond donors (Lipinski definition) is 0. The Morgan fingerprint density at radius 3 is 1.56 bits per heavy atom. The Morgan fingerprint density at radius 1 is 0.944 bits per heavy atom. The highest BCUT2D eigenvalue weighted by molar-refractivity contribution is 7.85. The molecule has 0 amide bonds. The number of carbonyl (C=O) groups is 2. The number of carbonyl (C=O) groups excluding carboxylic acids is 2. The van der Waals surface area contributed by atoms with Crippen LogP contribution in [-0.2, 0) is 14.3 Å². The largest absolute Gasteiger partial charge is 0.289 e. The fourth-order valence-corrected chi connectivity index (χ4v) is 1.24. The van der Waals surface area contributed by atoms with Crippen molar-refractivity contribution in [3.63, 3.8) is 0 Å². The van der Waals surface area contributed by atoms with Gasteiger partial charge in [-0.15, -0.1) is 0 Å². The molecule has 0 fully saturated rings. The fraction of sp³-hybridized carbons (Fsp3) is 0.167. The molecule has 0 saturated heterocycles. The molecule has 5 nitrogen and oxygen atoms in total. The molecule has 0 atom stereocenters. The molecule has 1 aliphatic carbocycles. The van der Waals surface area contributed by atoms with Crippen LogP contribution in [0.15, 0.2) is 36.4 Å². The fourth-order valence-electron chi connectivity index (χ4n) is 1.24. The van der Waals surface area contributed by atoms with Gasteiger partial charge in [0.2, 0.25) is 0 Å². The van der Waals surface area contributed by atoms with E-state index in [1.807, 2.05) is 0 Å². The summed E-state index contributed by atoms with van der Waals surface area (Å²) in [5, 5.41) is 0. The summed E-state index contributed by atoms with van der Waals surface area (Å²) in [6.45, 7) is 0. The molecule has 0 spiro atoms. The van der Waals surface area contributed by atoms with Crippen molar-refractivity contribution in [3.05, 3.63) is 47.5 Å². The normalized spacial score (nSPS) is 13.7. The maximum Gasteiger partial charge on any atom is 0.264 e. The lowest BCUT2D eigenvalue weighted by molar-refractivity contribution is 0.0994. The Balaban J connectivity index is 0.000000232. The molecule has 0 aromatic heterocycles. The summed E-state index contributed by atoms with van der Waals surface area (Å²) in [7, 11) is -2.04. The van der Waals surface area contributed by atoms with Crippen LogP contribution in [-0.4, -0.2) is 33.3 Å². The van der Waals surface area contributed by atoms with Gasteiger partial charge in [0.15, 0.2) is 11.6 Å². The van der Waals surface area contributed by atoms with Crippen LogP contribution in [0, 0.1) is 0 Å². The smallest absolute Gasteiger partial charge is 0.264 e. The highest BCUT2D eigenvalue weighted by atomic mass is 32.2. The van der Waals surface area contributed by atoms with Gasteiger partial charge in [-0.2, -0.15) is 8.42 Å². The van der Waals surface area contributed by atoms with E-state index in [9.17, 15) is 18.0 Å². The molecule has 96 valence electrons. The number of rotatable bonds is 1. The third kappa shape index (κ3) is 3.90. The van der Waals surface area contributed by atoms with Gasteiger partial charge in [0.05, 0.1) is 13.4 Å². The summed E-state index contributed by atoms with van der Waals surface area (Å²) in [4.78, 5) is 22.4. The number of benzene rings is 1. The third-order valence-corrected chi connectivity index (χ3v) is 2.75. The topological polar surface area (TPSA) is 77.5 Å². The lowest BCUT2D eigenvalue weighted by Crippen LogP contribution is -2.10. The number of ketones is 2. The van der Waals surface area contributed by atoms with E-state index in [0.717, 1.165) is 13.4 Å². The molecule has 0 bridgehead atoms. The first-order chi connectivity index (χ1) is 8.35. The standard InChI is InChI=1S/C10H6O2.C2H6O3S/c11-9-5-6-10(12)8-4-2-1-3-7(8)9;1-5-6(2,3)4/h1-6H;1-2H3. The van der Waals surface area contributed by atoms with Crippen LogP contribution in [0.2, 0.25) is 0 Å². The molecular weight excluding hydrogens is 256 g/mol. The van der Waals surface area contributed by atoms with E-state index in [0.29, 0.717) is 11.1 Å². The molecular formula is C12H12O5S. The molecule has 0 heterocycles. The van der Waals surface area contributed by atoms with Crippen molar-refractivity contribution in [2.45, 2.75) is 0 Å². The molecule has 0 unspecified atom stereocenters. The Morgan fingerprint density at radius 2 is 1.28 bits per heavy atom. The summed E-state index contributed by atoms with van der Waals surface area (Å²) < 4.78 is 23.5. The van der Waals surface area contributed by atoms with E-state index in [1.165, 1.54) is 12.2 Å². The summed E-state index contributed by atoms with van der Waals surface area (Å²) >= 11 is 0. The Bertz CT molecular complexity index is 562. The van der Waals surface area contributed by atoms with Crippen molar-refractivity contribution in [1.29, 1.82) is 0 Å². The van der Waals surface area contributed by atoms with E-state index in [4.69, 9.17) is 0 Å². The van der Waals surface area contributed by atoms with Crippen LogP contribution in [0.25, 0.3) is 0 Å². The predicted molar refractivity (Wildman–Crippen MR) is 66.1 cm³/mol. The minimum Gasteiger partial charge on any atom is -0.289 e. The molecule has 0 aliphatic heterocycles. The van der Waals surface area contributed by atoms with Crippen LogP contribution < -0.4 is 0 Å². The highest BCUT2D eigenvalue weighted by Gasteiger charge is 2.16. The molecule has 0 radical (unpaired) electrons. The number of fused-ring (bicyclic) bond motifs is 1. The van der Waals surface area contributed by atoms with Crippen LogP contribution in [0.4, 0.5) is 0 Å². The van der Waals surface area contributed by atoms with E-state index < -0.39 is 10.1 Å². The maximum atomic E-state index is 11.2. The average Bonchev–Trinajstić information content (AvgIpc) is 2.34. The predicted octanol–water partition coefficient (Wildman–Crippen LogP) is 1.21. The van der Waals surface area contributed by atoms with Crippen molar-refractivity contribution in [2.24, 2.45) is 0 Å². The van der Waals surface area contributed by atoms with Gasteiger partial charge in [0.1, 0.15) is 0 Å². The number of allylic oxidation sites excluding steroid dienone is 2. The van der Waals surface area contributed by atoms with Gasteiger partial charge >= 0.3 is 0 Å². The zero-order chi connectivity index (χ0) is 13.8. The minimum atomic E-state index is -3.16. The van der Waals surface area contributed by atoms with Gasteiger partial charge in [0, 0.05) is 11.1 Å². The second-order valence-electron chi connectivity index (χ2n) is 3.48. The molecule has 0 saturated carbocycles. The molecule has 1 aromatic rings. The van der Waals surface area contributed by atoms with Crippen molar-refractivity contribution < 1.29 is 22.2 Å². The van der Waals surface area contributed by atoms with Gasteiger partial charge in [-0.25, -0.2) is 0 Å². The van der Waals surface area contributed by atoms with E-state index in [1.54, 1.807) is 24.3 Å². The van der Waals surface area contributed by atoms with Crippen LogP contribution in [0.5, 0.6) is 0 Å². The van der Waals surface area contributed by atoms with E-state index >= 15 is 0 Å². The van der Waals surface area contributed by atoms with Crippen LogP contribution >= 0.6 is 0 Å². The molecule has 6 heteroatoms. The average molecular weight is 268 g/mol. The highest BCUT2D eigenvalue weighted by Crippen LogP contribution is 2.15. The lowest BCUT2D eigenvalue weighted by Gasteiger charge is -2.06. The second-order valence-corrected chi connectivity index (χ2v) is 5.22. The zero-order valence-corrected chi connectivity index (χ0v) is 10.7. The van der Waals surface area contributed by atoms with Crippen molar-refractivity contribution >= 4 is 21.7 Å². The summed E-state index contributed by atoms with van der Waals surface area (Å²) in [6, 6.07) is 6.84. The van der Waals surface area contributed by atoms with E-state index in [2.05, 4.69) is 4.18 Å². The maximum absolute atomic E-state index is 11.2. The van der Waals surface area contributed by atoms with Gasteiger partial charge in [0.25, 0.3) is 10.1 Å². The summed E-state index contributed by atoms with van der Waals surface area (Å²) in [5.41, 5.74) is 1.01. The summed E-state index contributed by atoms with van der Waals surface area (Å²) in [5.74, 6) is -0.185. The summed E-state index contributed by atoms with van der Waals surface area (Å²) in [6.07, 6.45) is 3.61. The Labute approximate surface area is 105 Å². The SMILES string of the molecule is COS(C)(=O)=O.O=C1C=CC(=O)c2ccccc21. The van der Waals surface area contributed by atoms with Crippen molar-refractivity contribution in [3.8, 4) is 0 Å². The first-order valence-corrected chi connectivity index (χ1v) is 6.78. The quantitative estimate of drug-likeness (QED) is 0.715. The Kier molecular flexibility index (Phi) is 4.52. The van der Waals surface area contributed by atoms with Gasteiger partial charge in [-0.05, 0) is 12.2 Å². The van der Waals surface area contributed by atoms with Gasteiger partial charge in [-0.1, -0.05) is 24.3 Å². The van der Waals surface area contributed by atoms with Crippen molar-refractivity contribution in [1.82, 2.24) is 0 Å². The lowest BCUT2D eigenvalue weighted by atomic mass is 9.95. The monoisotopic (exact) mass is 268 g/mol. The molecule has 1 aromatic carbocycles. The second kappa shape index (κ2) is 5.70. The minimum absolute atomic E-state index is 0.0924. The van der Waals surface area contributed by atoms with Crippen LogP contribution in [0.3, 0.4) is 0 Å². The molecule has 2 rings (SSSR count). The van der Waals surface area contributed by atoms with Crippen LogP contribution in [0.1, 0.15) is 20.7 Å². The van der Waals surface area contributed by atoms with Gasteiger partial charge < -0.3 is 0 Å². The van der Waals surface area contributed by atoms with Gasteiger partial charge in [-0.3, -0.25) is 13.8 Å². The zero-order valence-electron chi connectivity index (χ0n) is 9.91. The first-order valence-electron chi connectivity index (χ1n) is 4.96. The molecule has 1 aliphatic rings. The number of hydrogen-bond acceptors (Lipinski definition) is 5. The first kappa shape index (κ1) is 14.3. The Hall–Kier alpha value is -1.79. The molecule has 0 N–H and O–H groups in total.